The number of likely N-dealkylation sites (tertiary alicyclic amines) is 1. The van der Waals surface area contributed by atoms with E-state index in [-0.39, 0.29) is 29.6 Å². The van der Waals surface area contributed by atoms with Crippen LogP contribution in [-0.4, -0.2) is 40.0 Å². The molecule has 1 aromatic rings. The number of benzene rings is 1. The first-order valence-corrected chi connectivity index (χ1v) is 6.28. The largest absolute Gasteiger partial charge is 0.508 e. The summed E-state index contributed by atoms with van der Waals surface area (Å²) in [5, 5.41) is 20.8. The fourth-order valence-corrected chi connectivity index (χ4v) is 2.33. The number of halogens is 1. The molecule has 1 atom stereocenters. The van der Waals surface area contributed by atoms with Crippen LogP contribution >= 0.6 is 0 Å². The van der Waals surface area contributed by atoms with Crippen molar-refractivity contribution in [2.45, 2.75) is 12.8 Å². The van der Waals surface area contributed by atoms with Crippen molar-refractivity contribution in [2.75, 3.05) is 13.1 Å². The molecule has 0 spiro atoms. The molecule has 20 heavy (non-hydrogen) atoms. The Morgan fingerprint density at radius 2 is 2.25 bits per heavy atom. The summed E-state index contributed by atoms with van der Waals surface area (Å²) in [5.41, 5.74) is 5.46. The quantitative estimate of drug-likeness (QED) is 0.327. The molecule has 1 fully saturated rings. The van der Waals surface area contributed by atoms with Crippen molar-refractivity contribution in [1.29, 1.82) is 0 Å². The van der Waals surface area contributed by atoms with Crippen LogP contribution in [0.5, 0.6) is 5.75 Å². The third-order valence-electron chi connectivity index (χ3n) is 3.43. The second-order valence-electron chi connectivity index (χ2n) is 4.78. The van der Waals surface area contributed by atoms with E-state index in [0.29, 0.717) is 13.0 Å². The summed E-state index contributed by atoms with van der Waals surface area (Å²) in [6.07, 6.45) is 1.42. The van der Waals surface area contributed by atoms with Crippen LogP contribution in [0.3, 0.4) is 0 Å². The number of carbonyl (C=O) groups excluding carboxylic acids is 1. The predicted octanol–water partition coefficient (Wildman–Crippen LogP) is 1.13. The number of aromatic hydroxyl groups is 1. The maximum atomic E-state index is 13.7. The fourth-order valence-electron chi connectivity index (χ4n) is 2.33. The highest BCUT2D eigenvalue weighted by atomic mass is 19.1. The summed E-state index contributed by atoms with van der Waals surface area (Å²) >= 11 is 0. The monoisotopic (exact) mass is 281 g/mol. The van der Waals surface area contributed by atoms with E-state index in [4.69, 9.17) is 16.0 Å². The number of rotatable bonds is 2. The number of nitrogens with zero attached hydrogens (tertiary/aromatic N) is 2. The van der Waals surface area contributed by atoms with Crippen molar-refractivity contribution >= 4 is 11.7 Å². The highest BCUT2D eigenvalue weighted by Crippen LogP contribution is 2.21. The van der Waals surface area contributed by atoms with Gasteiger partial charge in [0.15, 0.2) is 0 Å². The lowest BCUT2D eigenvalue weighted by Crippen LogP contribution is -2.44. The van der Waals surface area contributed by atoms with Gasteiger partial charge < -0.3 is 20.9 Å². The molecule has 1 aliphatic rings. The molecule has 108 valence electrons. The van der Waals surface area contributed by atoms with E-state index < -0.39 is 11.7 Å². The van der Waals surface area contributed by atoms with Gasteiger partial charge in [0.25, 0.3) is 5.91 Å². The number of nitrogens with two attached hydrogens (primary N) is 1. The lowest BCUT2D eigenvalue weighted by molar-refractivity contribution is 0.0696. The Labute approximate surface area is 115 Å². The summed E-state index contributed by atoms with van der Waals surface area (Å²) in [5.74, 6) is -1.60. The zero-order valence-corrected chi connectivity index (χ0v) is 10.8. The number of amidine groups is 1. The molecule has 2 rings (SSSR count). The number of carbonyl (C=O) groups is 1. The molecule has 1 heterocycles. The van der Waals surface area contributed by atoms with E-state index >= 15 is 0 Å². The molecule has 0 saturated carbocycles. The number of hydrogen-bond acceptors (Lipinski definition) is 4. The maximum Gasteiger partial charge on any atom is 0.256 e. The van der Waals surface area contributed by atoms with E-state index in [1.54, 1.807) is 0 Å². The molecular weight excluding hydrogens is 265 g/mol. The minimum absolute atomic E-state index is 0.0775. The van der Waals surface area contributed by atoms with Crippen LogP contribution < -0.4 is 5.73 Å². The van der Waals surface area contributed by atoms with Crippen LogP contribution in [0.1, 0.15) is 23.2 Å². The zero-order valence-electron chi connectivity index (χ0n) is 10.8. The third-order valence-corrected chi connectivity index (χ3v) is 3.43. The topological polar surface area (TPSA) is 99.2 Å². The summed E-state index contributed by atoms with van der Waals surface area (Å²) in [6, 6.07) is 3.42. The first-order chi connectivity index (χ1) is 9.52. The summed E-state index contributed by atoms with van der Waals surface area (Å²) in [7, 11) is 0. The smallest absolute Gasteiger partial charge is 0.256 e. The van der Waals surface area contributed by atoms with Crippen LogP contribution in [0.4, 0.5) is 4.39 Å². The van der Waals surface area contributed by atoms with Crippen LogP contribution in [0, 0.1) is 11.7 Å². The molecule has 4 N–H and O–H groups in total. The van der Waals surface area contributed by atoms with Gasteiger partial charge in [0, 0.05) is 25.1 Å². The van der Waals surface area contributed by atoms with E-state index in [9.17, 15) is 9.18 Å². The van der Waals surface area contributed by atoms with Crippen LogP contribution in [0.25, 0.3) is 0 Å². The van der Waals surface area contributed by atoms with E-state index in [2.05, 4.69) is 5.16 Å². The number of piperidine rings is 1. The molecule has 1 aliphatic heterocycles. The number of oxime groups is 1. The fraction of sp³-hybridized carbons (Fsp3) is 0.385. The Kier molecular flexibility index (Phi) is 4.07. The Balaban J connectivity index is 2.16. The molecular formula is C13H16FN3O3. The molecule has 7 heteroatoms. The Morgan fingerprint density at radius 3 is 2.90 bits per heavy atom. The van der Waals surface area contributed by atoms with Gasteiger partial charge in [-0.15, -0.1) is 0 Å². The van der Waals surface area contributed by atoms with Crippen LogP contribution in [0.15, 0.2) is 23.4 Å². The van der Waals surface area contributed by atoms with Gasteiger partial charge in [-0.05, 0) is 25.0 Å². The van der Waals surface area contributed by atoms with Crippen molar-refractivity contribution in [3.63, 3.8) is 0 Å². The van der Waals surface area contributed by atoms with Gasteiger partial charge in [-0.25, -0.2) is 4.39 Å². The van der Waals surface area contributed by atoms with Crippen molar-refractivity contribution in [3.8, 4) is 5.75 Å². The van der Waals surface area contributed by atoms with E-state index in [1.165, 1.54) is 17.0 Å². The van der Waals surface area contributed by atoms with E-state index in [1.807, 2.05) is 0 Å². The predicted molar refractivity (Wildman–Crippen MR) is 70.1 cm³/mol. The number of phenols is 1. The second-order valence-corrected chi connectivity index (χ2v) is 4.78. The van der Waals surface area contributed by atoms with Crippen molar-refractivity contribution in [2.24, 2.45) is 16.8 Å². The minimum Gasteiger partial charge on any atom is -0.508 e. The standard InChI is InChI=1S/C13H16FN3O3/c14-11-6-9(18)3-4-10(11)13(19)17-5-1-2-8(7-17)12(15)16-20/h3-4,6,8,18,20H,1-2,5,7H2,(H2,15,16). The van der Waals surface area contributed by atoms with Crippen LogP contribution in [-0.2, 0) is 0 Å². The van der Waals surface area contributed by atoms with Gasteiger partial charge in [-0.3, -0.25) is 4.79 Å². The number of amides is 1. The average molecular weight is 281 g/mol. The number of phenolic OH excluding ortho intramolecular Hbond substituents is 1. The van der Waals surface area contributed by atoms with Crippen molar-refractivity contribution in [3.05, 3.63) is 29.6 Å². The molecule has 0 bridgehead atoms. The van der Waals surface area contributed by atoms with E-state index in [0.717, 1.165) is 12.5 Å². The van der Waals surface area contributed by atoms with Gasteiger partial charge in [0.05, 0.1) is 5.56 Å². The van der Waals surface area contributed by atoms with Gasteiger partial charge in [0.2, 0.25) is 0 Å². The molecule has 1 saturated heterocycles. The Bertz CT molecular complexity index is 548. The second kappa shape index (κ2) is 5.77. The summed E-state index contributed by atoms with van der Waals surface area (Å²) in [4.78, 5) is 13.7. The third kappa shape index (κ3) is 2.81. The first-order valence-electron chi connectivity index (χ1n) is 6.28. The summed E-state index contributed by atoms with van der Waals surface area (Å²) < 4.78 is 13.7. The average Bonchev–Trinajstić information content (AvgIpc) is 2.46. The Hall–Kier alpha value is -2.31. The van der Waals surface area contributed by atoms with Crippen LogP contribution in [0.2, 0.25) is 0 Å². The zero-order chi connectivity index (χ0) is 14.7. The molecule has 6 nitrogen and oxygen atoms in total. The molecule has 0 radical (unpaired) electrons. The highest BCUT2D eigenvalue weighted by molar-refractivity contribution is 5.95. The van der Waals surface area contributed by atoms with Gasteiger partial charge >= 0.3 is 0 Å². The molecule has 1 amide bonds. The minimum atomic E-state index is -0.763. The van der Waals surface area contributed by atoms with Gasteiger partial charge in [-0.1, -0.05) is 5.16 Å². The summed E-state index contributed by atoms with van der Waals surface area (Å²) in [6.45, 7) is 0.781. The normalized spacial score (nSPS) is 19.9. The maximum absolute atomic E-state index is 13.7. The molecule has 1 aromatic carbocycles. The highest BCUT2D eigenvalue weighted by Gasteiger charge is 2.28. The molecule has 0 aliphatic carbocycles. The molecule has 1 unspecified atom stereocenters. The van der Waals surface area contributed by atoms with Gasteiger partial charge in [0.1, 0.15) is 17.4 Å². The first kappa shape index (κ1) is 14.1. The lowest BCUT2D eigenvalue weighted by atomic mass is 9.96. The number of hydrogen-bond donors (Lipinski definition) is 3. The van der Waals surface area contributed by atoms with Crippen molar-refractivity contribution < 1.29 is 19.5 Å². The van der Waals surface area contributed by atoms with Crippen molar-refractivity contribution in [1.82, 2.24) is 4.90 Å². The lowest BCUT2D eigenvalue weighted by Gasteiger charge is -2.32. The SMILES string of the molecule is N/C(=N/O)C1CCCN(C(=O)c2ccc(O)cc2F)C1. The molecule has 0 aromatic heterocycles. The van der Waals surface area contributed by atoms with Gasteiger partial charge in [-0.2, -0.15) is 0 Å². The Morgan fingerprint density at radius 1 is 1.50 bits per heavy atom.